The molecule has 1 aliphatic rings. The molecule has 1 aliphatic heterocycles. The predicted octanol–water partition coefficient (Wildman–Crippen LogP) is 4.45. The van der Waals surface area contributed by atoms with Crippen LogP contribution in [0.25, 0.3) is 22.2 Å². The molecule has 0 aliphatic carbocycles. The molecule has 0 unspecified atom stereocenters. The average Bonchev–Trinajstić information content (AvgIpc) is 3.02. The fraction of sp³-hybridized carbons (Fsp3) is 0.158. The molecule has 0 bridgehead atoms. The van der Waals surface area contributed by atoms with Gasteiger partial charge in [0.2, 0.25) is 0 Å². The molecular formula is C19H16ClN3O2. The van der Waals surface area contributed by atoms with Gasteiger partial charge >= 0.3 is 6.09 Å². The van der Waals surface area contributed by atoms with E-state index in [1.54, 1.807) is 6.20 Å². The zero-order valence-corrected chi connectivity index (χ0v) is 14.1. The highest BCUT2D eigenvalue weighted by molar-refractivity contribution is 6.30. The second-order valence-electron chi connectivity index (χ2n) is 5.99. The SMILES string of the molecule is O=C(O)N1CC=C(c2cn(-c3ccc(Cl)cc3)c3cnccc23)CC1. The van der Waals surface area contributed by atoms with E-state index in [0.717, 1.165) is 22.2 Å². The van der Waals surface area contributed by atoms with Crippen molar-refractivity contribution in [2.75, 3.05) is 13.1 Å². The third-order valence-electron chi connectivity index (χ3n) is 4.54. The van der Waals surface area contributed by atoms with Crippen LogP contribution in [0.5, 0.6) is 0 Å². The molecule has 4 rings (SSSR count). The maximum atomic E-state index is 11.1. The molecule has 0 saturated carbocycles. The van der Waals surface area contributed by atoms with Crippen LogP contribution < -0.4 is 0 Å². The second kappa shape index (κ2) is 6.26. The highest BCUT2D eigenvalue weighted by Gasteiger charge is 2.20. The van der Waals surface area contributed by atoms with Gasteiger partial charge in [-0.15, -0.1) is 0 Å². The Morgan fingerprint density at radius 3 is 2.68 bits per heavy atom. The number of carboxylic acid groups (broad SMARTS) is 1. The molecule has 0 radical (unpaired) electrons. The number of nitrogens with zero attached hydrogens (tertiary/aromatic N) is 3. The number of halogens is 1. The first-order valence-corrected chi connectivity index (χ1v) is 8.39. The molecule has 0 atom stereocenters. The molecule has 1 N–H and O–H groups in total. The molecule has 126 valence electrons. The van der Waals surface area contributed by atoms with Crippen molar-refractivity contribution in [3.05, 3.63) is 65.6 Å². The van der Waals surface area contributed by atoms with Gasteiger partial charge in [0.15, 0.2) is 0 Å². The van der Waals surface area contributed by atoms with Crippen molar-refractivity contribution < 1.29 is 9.90 Å². The Bertz CT molecular complexity index is 976. The van der Waals surface area contributed by atoms with E-state index in [0.29, 0.717) is 24.5 Å². The van der Waals surface area contributed by atoms with Crippen LogP contribution in [-0.2, 0) is 0 Å². The van der Waals surface area contributed by atoms with Crippen LogP contribution >= 0.6 is 11.6 Å². The van der Waals surface area contributed by atoms with Crippen molar-refractivity contribution >= 4 is 34.2 Å². The van der Waals surface area contributed by atoms with Crippen molar-refractivity contribution in [2.24, 2.45) is 0 Å². The number of hydrogen-bond donors (Lipinski definition) is 1. The number of rotatable bonds is 2. The molecule has 2 aromatic heterocycles. The number of benzene rings is 1. The minimum absolute atomic E-state index is 0.420. The smallest absolute Gasteiger partial charge is 0.407 e. The average molecular weight is 354 g/mol. The lowest BCUT2D eigenvalue weighted by Crippen LogP contribution is -2.33. The highest BCUT2D eigenvalue weighted by atomic mass is 35.5. The Labute approximate surface area is 149 Å². The Morgan fingerprint density at radius 2 is 2.00 bits per heavy atom. The summed E-state index contributed by atoms with van der Waals surface area (Å²) in [5.41, 5.74) is 4.32. The molecule has 0 saturated heterocycles. The first-order chi connectivity index (χ1) is 12.1. The first kappa shape index (κ1) is 15.7. The molecule has 6 heteroatoms. The third-order valence-corrected chi connectivity index (χ3v) is 4.79. The van der Waals surface area contributed by atoms with E-state index in [1.165, 1.54) is 10.5 Å². The standard InChI is InChI=1S/C19H16ClN3O2/c20-14-1-3-15(4-2-14)23-12-17(16-5-8-21-11-18(16)23)13-6-9-22(10-7-13)19(24)25/h1-6,8,11-12H,7,9-10H2,(H,24,25). The molecule has 3 aromatic rings. The number of carbonyl (C=O) groups is 1. The van der Waals surface area contributed by atoms with Crippen molar-refractivity contribution in [3.8, 4) is 5.69 Å². The van der Waals surface area contributed by atoms with E-state index in [1.807, 2.05) is 42.6 Å². The summed E-state index contributed by atoms with van der Waals surface area (Å²) in [7, 11) is 0. The van der Waals surface area contributed by atoms with Crippen molar-refractivity contribution in [1.29, 1.82) is 0 Å². The Balaban J connectivity index is 1.81. The lowest BCUT2D eigenvalue weighted by atomic mass is 9.99. The lowest BCUT2D eigenvalue weighted by molar-refractivity contribution is 0.150. The van der Waals surface area contributed by atoms with Crippen molar-refractivity contribution in [2.45, 2.75) is 6.42 Å². The number of amides is 1. The molecule has 0 fully saturated rings. The monoisotopic (exact) mass is 353 g/mol. The van der Waals surface area contributed by atoms with Crippen LogP contribution in [0, 0.1) is 0 Å². The maximum Gasteiger partial charge on any atom is 0.407 e. The van der Waals surface area contributed by atoms with Crippen LogP contribution in [0.15, 0.2) is 55.0 Å². The molecular weight excluding hydrogens is 338 g/mol. The molecule has 1 aromatic carbocycles. The Morgan fingerprint density at radius 1 is 1.20 bits per heavy atom. The maximum absolute atomic E-state index is 11.1. The Kier molecular flexibility index (Phi) is 3.93. The van der Waals surface area contributed by atoms with E-state index in [2.05, 4.69) is 15.7 Å². The topological polar surface area (TPSA) is 58.4 Å². The summed E-state index contributed by atoms with van der Waals surface area (Å²) in [6.07, 6.45) is 7.56. The highest BCUT2D eigenvalue weighted by Crippen LogP contribution is 2.32. The molecule has 3 heterocycles. The van der Waals surface area contributed by atoms with Gasteiger partial charge in [-0.2, -0.15) is 0 Å². The van der Waals surface area contributed by atoms with Crippen LogP contribution in [0.1, 0.15) is 12.0 Å². The quantitative estimate of drug-likeness (QED) is 0.740. The van der Waals surface area contributed by atoms with Gasteiger partial charge in [-0.25, -0.2) is 4.79 Å². The number of aromatic nitrogens is 2. The zero-order chi connectivity index (χ0) is 17.4. The minimum Gasteiger partial charge on any atom is -0.465 e. The summed E-state index contributed by atoms with van der Waals surface area (Å²) >= 11 is 6.00. The van der Waals surface area contributed by atoms with Gasteiger partial charge in [-0.1, -0.05) is 17.7 Å². The second-order valence-corrected chi connectivity index (χ2v) is 6.43. The van der Waals surface area contributed by atoms with Crippen LogP contribution in [0.3, 0.4) is 0 Å². The fourth-order valence-corrected chi connectivity index (χ4v) is 3.36. The summed E-state index contributed by atoms with van der Waals surface area (Å²) in [5.74, 6) is 0. The summed E-state index contributed by atoms with van der Waals surface area (Å²) in [5, 5.41) is 10.9. The summed E-state index contributed by atoms with van der Waals surface area (Å²) < 4.78 is 2.10. The van der Waals surface area contributed by atoms with E-state index in [-0.39, 0.29) is 0 Å². The van der Waals surface area contributed by atoms with E-state index in [4.69, 9.17) is 16.7 Å². The summed E-state index contributed by atoms with van der Waals surface area (Å²) in [6, 6.07) is 9.67. The van der Waals surface area contributed by atoms with Crippen LogP contribution in [0.2, 0.25) is 5.02 Å². The van der Waals surface area contributed by atoms with Crippen molar-refractivity contribution in [3.63, 3.8) is 0 Å². The minimum atomic E-state index is -0.872. The van der Waals surface area contributed by atoms with Gasteiger partial charge in [-0.3, -0.25) is 4.98 Å². The third kappa shape index (κ3) is 2.87. The Hall–Kier alpha value is -2.79. The fourth-order valence-electron chi connectivity index (χ4n) is 3.23. The van der Waals surface area contributed by atoms with Gasteiger partial charge in [0, 0.05) is 47.1 Å². The zero-order valence-electron chi connectivity index (χ0n) is 13.4. The van der Waals surface area contributed by atoms with Gasteiger partial charge < -0.3 is 14.6 Å². The molecule has 25 heavy (non-hydrogen) atoms. The largest absolute Gasteiger partial charge is 0.465 e. The summed E-state index contributed by atoms with van der Waals surface area (Å²) in [4.78, 5) is 16.8. The van der Waals surface area contributed by atoms with Gasteiger partial charge in [0.25, 0.3) is 0 Å². The lowest BCUT2D eigenvalue weighted by Gasteiger charge is -2.23. The van der Waals surface area contributed by atoms with Gasteiger partial charge in [-0.05, 0) is 42.3 Å². The van der Waals surface area contributed by atoms with E-state index < -0.39 is 6.09 Å². The van der Waals surface area contributed by atoms with E-state index >= 15 is 0 Å². The van der Waals surface area contributed by atoms with Crippen LogP contribution in [-0.4, -0.2) is 38.7 Å². The van der Waals surface area contributed by atoms with Gasteiger partial charge in [0.05, 0.1) is 11.7 Å². The normalized spacial score (nSPS) is 14.6. The number of pyridine rings is 1. The van der Waals surface area contributed by atoms with Gasteiger partial charge in [0.1, 0.15) is 0 Å². The number of fused-ring (bicyclic) bond motifs is 1. The molecule has 0 spiro atoms. The predicted molar refractivity (Wildman–Crippen MR) is 98.3 cm³/mol. The molecule has 5 nitrogen and oxygen atoms in total. The number of hydrogen-bond acceptors (Lipinski definition) is 2. The van der Waals surface area contributed by atoms with Crippen LogP contribution in [0.4, 0.5) is 4.79 Å². The first-order valence-electron chi connectivity index (χ1n) is 8.02. The summed E-state index contributed by atoms with van der Waals surface area (Å²) in [6.45, 7) is 0.934. The van der Waals surface area contributed by atoms with E-state index in [9.17, 15) is 4.79 Å². The van der Waals surface area contributed by atoms with Crippen molar-refractivity contribution in [1.82, 2.24) is 14.5 Å². The molecule has 1 amide bonds.